The highest BCUT2D eigenvalue weighted by Gasteiger charge is 2.11. The van der Waals surface area contributed by atoms with Gasteiger partial charge in [0.05, 0.1) is 12.3 Å². The van der Waals surface area contributed by atoms with Crippen molar-refractivity contribution in [3.63, 3.8) is 0 Å². The van der Waals surface area contributed by atoms with Gasteiger partial charge in [0.25, 0.3) is 0 Å². The van der Waals surface area contributed by atoms with Crippen molar-refractivity contribution in [3.8, 4) is 0 Å². The summed E-state index contributed by atoms with van der Waals surface area (Å²) in [5, 5.41) is 7.01. The Labute approximate surface area is 142 Å². The lowest BCUT2D eigenvalue weighted by molar-refractivity contribution is -0.121. The lowest BCUT2D eigenvalue weighted by Gasteiger charge is -2.15. The zero-order chi connectivity index (χ0) is 17.6. The summed E-state index contributed by atoms with van der Waals surface area (Å²) in [4.78, 5) is 12.0. The van der Waals surface area contributed by atoms with Gasteiger partial charge in [-0.25, -0.2) is 8.42 Å². The van der Waals surface area contributed by atoms with Crippen molar-refractivity contribution in [1.29, 1.82) is 0 Å². The minimum absolute atomic E-state index is 0.0452. The van der Waals surface area contributed by atoms with Crippen molar-refractivity contribution in [2.45, 2.75) is 32.4 Å². The fourth-order valence-corrected chi connectivity index (χ4v) is 2.87. The number of benzene rings is 1. The molecule has 0 radical (unpaired) electrons. The van der Waals surface area contributed by atoms with E-state index >= 15 is 0 Å². The van der Waals surface area contributed by atoms with Crippen LogP contribution in [0.3, 0.4) is 0 Å². The molecule has 2 aromatic rings. The van der Waals surface area contributed by atoms with Crippen LogP contribution in [0.1, 0.15) is 31.4 Å². The third-order valence-electron chi connectivity index (χ3n) is 3.42. The normalized spacial score (nSPS) is 12.6. The number of nitrogens with zero attached hydrogens (tertiary/aromatic N) is 2. The maximum absolute atomic E-state index is 12.0. The molecule has 8 heteroatoms. The largest absolute Gasteiger partial charge is 0.350 e. The smallest absolute Gasteiger partial charge is 0.229 e. The zero-order valence-corrected chi connectivity index (χ0v) is 14.6. The highest BCUT2D eigenvalue weighted by molar-refractivity contribution is 7.92. The van der Waals surface area contributed by atoms with E-state index in [2.05, 4.69) is 15.1 Å². The van der Waals surface area contributed by atoms with Crippen molar-refractivity contribution in [2.24, 2.45) is 0 Å². The van der Waals surface area contributed by atoms with Crippen LogP contribution in [0, 0.1) is 0 Å². The molecule has 0 unspecified atom stereocenters. The van der Waals surface area contributed by atoms with Crippen LogP contribution in [0.25, 0.3) is 0 Å². The van der Waals surface area contributed by atoms with Gasteiger partial charge in [0.2, 0.25) is 15.9 Å². The highest BCUT2D eigenvalue weighted by Crippen LogP contribution is 2.18. The van der Waals surface area contributed by atoms with Crippen LogP contribution in [0.2, 0.25) is 0 Å². The first-order chi connectivity index (χ1) is 11.3. The van der Waals surface area contributed by atoms with Gasteiger partial charge in [0.1, 0.15) is 0 Å². The molecule has 0 saturated heterocycles. The molecule has 2 rings (SSSR count). The summed E-state index contributed by atoms with van der Waals surface area (Å²) < 4.78 is 26.8. The third kappa shape index (κ3) is 6.04. The van der Waals surface area contributed by atoms with Crippen molar-refractivity contribution >= 4 is 21.6 Å². The molecule has 1 aromatic heterocycles. The van der Waals surface area contributed by atoms with Gasteiger partial charge >= 0.3 is 0 Å². The van der Waals surface area contributed by atoms with E-state index in [0.29, 0.717) is 25.1 Å². The fraction of sp³-hybridized carbons (Fsp3) is 0.375. The number of carbonyl (C=O) groups is 1. The summed E-state index contributed by atoms with van der Waals surface area (Å²) in [6.07, 6.45) is 5.78. The maximum atomic E-state index is 12.0. The van der Waals surface area contributed by atoms with Crippen LogP contribution in [0.4, 0.5) is 5.69 Å². The first kappa shape index (κ1) is 18.0. The van der Waals surface area contributed by atoms with E-state index in [1.54, 1.807) is 29.1 Å². The summed E-state index contributed by atoms with van der Waals surface area (Å²) in [5.74, 6) is -0.0452. The van der Waals surface area contributed by atoms with E-state index in [-0.39, 0.29) is 11.9 Å². The lowest BCUT2D eigenvalue weighted by Crippen LogP contribution is -2.26. The number of anilines is 1. The number of aromatic nitrogens is 2. The summed E-state index contributed by atoms with van der Waals surface area (Å²) in [6.45, 7) is 2.56. The Morgan fingerprint density at radius 3 is 2.79 bits per heavy atom. The molecule has 0 aliphatic heterocycles. The summed E-state index contributed by atoms with van der Waals surface area (Å²) in [6, 6.07) is 8.63. The summed E-state index contributed by atoms with van der Waals surface area (Å²) in [5.41, 5.74) is 1.32. The molecular formula is C16H22N4O3S. The van der Waals surface area contributed by atoms with Gasteiger partial charge in [0.15, 0.2) is 0 Å². The van der Waals surface area contributed by atoms with Crippen molar-refractivity contribution in [2.75, 3.05) is 11.0 Å². The first-order valence-corrected chi connectivity index (χ1v) is 9.57. The fourth-order valence-electron chi connectivity index (χ4n) is 2.32. The first-order valence-electron chi connectivity index (χ1n) is 7.68. The van der Waals surface area contributed by atoms with E-state index in [1.165, 1.54) is 0 Å². The van der Waals surface area contributed by atoms with Gasteiger partial charge in [-0.1, -0.05) is 12.1 Å². The molecule has 1 heterocycles. The average Bonchev–Trinajstić information content (AvgIpc) is 2.99. The maximum Gasteiger partial charge on any atom is 0.229 e. The van der Waals surface area contributed by atoms with Gasteiger partial charge in [-0.2, -0.15) is 5.10 Å². The van der Waals surface area contributed by atoms with Crippen LogP contribution >= 0.6 is 0 Å². The molecule has 0 aliphatic rings. The minimum Gasteiger partial charge on any atom is -0.350 e. The van der Waals surface area contributed by atoms with E-state index < -0.39 is 10.0 Å². The Morgan fingerprint density at radius 1 is 1.33 bits per heavy atom. The number of hydrogen-bond donors (Lipinski definition) is 2. The standard InChI is InChI=1S/C16H22N4O3S/c1-13(14-6-3-7-15(12-14)19-24(2,22)23)18-16(21)8-4-10-20-11-5-9-17-20/h3,5-7,9,11-13,19H,4,8,10H2,1-2H3,(H,18,21)/t13-/m1/s1. The predicted molar refractivity (Wildman–Crippen MR) is 92.9 cm³/mol. The molecule has 1 aromatic carbocycles. The lowest BCUT2D eigenvalue weighted by atomic mass is 10.1. The molecule has 7 nitrogen and oxygen atoms in total. The van der Waals surface area contributed by atoms with Gasteiger partial charge in [-0.15, -0.1) is 0 Å². The Hall–Kier alpha value is -2.35. The topological polar surface area (TPSA) is 93.1 Å². The van der Waals surface area contributed by atoms with Crippen LogP contribution in [-0.4, -0.2) is 30.4 Å². The number of carbonyl (C=O) groups excluding carboxylic acids is 1. The van der Waals surface area contributed by atoms with E-state index in [1.807, 2.05) is 25.3 Å². The summed E-state index contributed by atoms with van der Waals surface area (Å²) in [7, 11) is -3.32. The highest BCUT2D eigenvalue weighted by atomic mass is 32.2. The van der Waals surface area contributed by atoms with Gasteiger partial charge in [-0.05, 0) is 37.1 Å². The second-order valence-corrected chi connectivity index (χ2v) is 7.41. The van der Waals surface area contributed by atoms with Crippen LogP contribution < -0.4 is 10.0 Å². The van der Waals surface area contributed by atoms with E-state index in [0.717, 1.165) is 11.8 Å². The molecule has 24 heavy (non-hydrogen) atoms. The molecule has 0 spiro atoms. The quantitative estimate of drug-likeness (QED) is 0.760. The SMILES string of the molecule is C[C@@H](NC(=O)CCCn1cccn1)c1cccc(NS(C)(=O)=O)c1. The molecule has 0 saturated carbocycles. The Morgan fingerprint density at radius 2 is 2.12 bits per heavy atom. The third-order valence-corrected chi connectivity index (χ3v) is 4.02. The summed E-state index contributed by atoms with van der Waals surface area (Å²) >= 11 is 0. The monoisotopic (exact) mass is 350 g/mol. The van der Waals surface area contributed by atoms with Gasteiger partial charge < -0.3 is 5.32 Å². The van der Waals surface area contributed by atoms with E-state index in [4.69, 9.17) is 0 Å². The molecule has 2 N–H and O–H groups in total. The molecular weight excluding hydrogens is 328 g/mol. The number of sulfonamides is 1. The average molecular weight is 350 g/mol. The number of rotatable bonds is 8. The second-order valence-electron chi connectivity index (χ2n) is 5.66. The van der Waals surface area contributed by atoms with Gasteiger partial charge in [0, 0.05) is 31.0 Å². The Balaban J connectivity index is 1.85. The molecule has 0 fully saturated rings. The number of hydrogen-bond acceptors (Lipinski definition) is 4. The molecule has 1 atom stereocenters. The van der Waals surface area contributed by atoms with Crippen molar-refractivity contribution in [3.05, 3.63) is 48.3 Å². The molecule has 130 valence electrons. The predicted octanol–water partition coefficient (Wildman–Crippen LogP) is 1.91. The van der Waals surface area contributed by atoms with Crippen molar-refractivity contribution < 1.29 is 13.2 Å². The second kappa shape index (κ2) is 7.96. The zero-order valence-electron chi connectivity index (χ0n) is 13.8. The van der Waals surface area contributed by atoms with Crippen LogP contribution in [-0.2, 0) is 21.4 Å². The molecule has 1 amide bonds. The van der Waals surface area contributed by atoms with Crippen molar-refractivity contribution in [1.82, 2.24) is 15.1 Å². The number of amides is 1. The molecule has 0 aliphatic carbocycles. The van der Waals surface area contributed by atoms with Crippen LogP contribution in [0.15, 0.2) is 42.7 Å². The molecule has 0 bridgehead atoms. The Bertz CT molecular complexity index is 772. The minimum atomic E-state index is -3.32. The Kier molecular flexibility index (Phi) is 5.97. The van der Waals surface area contributed by atoms with Crippen LogP contribution in [0.5, 0.6) is 0 Å². The number of aryl methyl sites for hydroxylation is 1. The van der Waals surface area contributed by atoms with Gasteiger partial charge in [-0.3, -0.25) is 14.2 Å². The number of nitrogens with one attached hydrogen (secondary N) is 2. The van der Waals surface area contributed by atoms with E-state index in [9.17, 15) is 13.2 Å².